The molecule has 0 radical (unpaired) electrons. The van der Waals surface area contributed by atoms with Crippen molar-refractivity contribution in [3.8, 4) is 0 Å². The van der Waals surface area contributed by atoms with Crippen LogP contribution in [0.25, 0.3) is 0 Å². The van der Waals surface area contributed by atoms with Gasteiger partial charge in [0.1, 0.15) is 0 Å². The summed E-state index contributed by atoms with van der Waals surface area (Å²) >= 11 is 0. The van der Waals surface area contributed by atoms with Crippen LogP contribution in [-0.4, -0.2) is 11.1 Å². The van der Waals surface area contributed by atoms with E-state index in [1.54, 1.807) is 13.8 Å². The maximum Gasteiger partial charge on any atom is 0.416 e. The number of carboxylic acid groups (broad SMARTS) is 1. The van der Waals surface area contributed by atoms with E-state index < -0.39 is 23.1 Å². The molecule has 0 aromatic heterocycles. The summed E-state index contributed by atoms with van der Waals surface area (Å²) in [5.74, 6) is -0.940. The molecule has 1 N–H and O–H groups in total. The van der Waals surface area contributed by atoms with E-state index in [9.17, 15) is 18.0 Å². The van der Waals surface area contributed by atoms with E-state index in [-0.39, 0.29) is 6.42 Å². The summed E-state index contributed by atoms with van der Waals surface area (Å²) in [5.41, 5.74) is -1.07. The number of hydrogen-bond donors (Lipinski definition) is 1. The minimum absolute atomic E-state index is 0.219. The summed E-state index contributed by atoms with van der Waals surface area (Å²) in [6, 6.07) is 4.62. The Hall–Kier alpha value is -1.52. The standard InChI is InChI=1S/C13H15F3O2/c1-3-12(2,11(17)18)8-9-4-6-10(7-5-9)13(14,15)16/h4-7H,3,8H2,1-2H3,(H,17,18). The topological polar surface area (TPSA) is 37.3 Å². The Morgan fingerprint density at radius 3 is 2.06 bits per heavy atom. The molecule has 1 unspecified atom stereocenters. The van der Waals surface area contributed by atoms with Crippen LogP contribution in [0.15, 0.2) is 24.3 Å². The van der Waals surface area contributed by atoms with Gasteiger partial charge in [-0.05, 0) is 37.5 Å². The van der Waals surface area contributed by atoms with Crippen LogP contribution in [-0.2, 0) is 17.4 Å². The van der Waals surface area contributed by atoms with Crippen molar-refractivity contribution in [1.82, 2.24) is 0 Å². The molecule has 0 heterocycles. The summed E-state index contributed by atoms with van der Waals surface area (Å²) in [4.78, 5) is 11.1. The van der Waals surface area contributed by atoms with Crippen molar-refractivity contribution in [2.24, 2.45) is 5.41 Å². The zero-order valence-electron chi connectivity index (χ0n) is 10.2. The maximum atomic E-state index is 12.4. The molecule has 0 saturated carbocycles. The molecule has 0 amide bonds. The molecule has 1 aromatic rings. The van der Waals surface area contributed by atoms with E-state index in [0.717, 1.165) is 12.1 Å². The van der Waals surface area contributed by atoms with Gasteiger partial charge in [-0.2, -0.15) is 13.2 Å². The van der Waals surface area contributed by atoms with Gasteiger partial charge in [0.15, 0.2) is 0 Å². The molecule has 18 heavy (non-hydrogen) atoms. The zero-order chi connectivity index (χ0) is 14.0. The first-order chi connectivity index (χ1) is 8.19. The zero-order valence-corrected chi connectivity index (χ0v) is 10.2. The van der Waals surface area contributed by atoms with E-state index >= 15 is 0 Å². The van der Waals surface area contributed by atoms with Gasteiger partial charge in [0.05, 0.1) is 11.0 Å². The molecular formula is C13H15F3O2. The molecule has 1 atom stereocenters. The number of halogens is 3. The van der Waals surface area contributed by atoms with E-state index in [1.165, 1.54) is 12.1 Å². The van der Waals surface area contributed by atoms with E-state index in [2.05, 4.69) is 0 Å². The lowest BCUT2D eigenvalue weighted by Crippen LogP contribution is -2.29. The van der Waals surface area contributed by atoms with Crippen LogP contribution < -0.4 is 0 Å². The van der Waals surface area contributed by atoms with Crippen molar-refractivity contribution in [1.29, 1.82) is 0 Å². The Balaban J connectivity index is 2.90. The third-order valence-corrected chi connectivity index (χ3v) is 3.17. The van der Waals surface area contributed by atoms with Gasteiger partial charge in [0.2, 0.25) is 0 Å². The van der Waals surface area contributed by atoms with Crippen LogP contribution in [0, 0.1) is 5.41 Å². The van der Waals surface area contributed by atoms with Crippen LogP contribution in [0.2, 0.25) is 0 Å². The number of aliphatic carboxylic acids is 1. The summed E-state index contributed by atoms with van der Waals surface area (Å²) < 4.78 is 37.1. The van der Waals surface area contributed by atoms with Crippen molar-refractivity contribution < 1.29 is 23.1 Å². The molecule has 0 aliphatic heterocycles. The second-order valence-corrected chi connectivity index (χ2v) is 4.59. The first-order valence-electron chi connectivity index (χ1n) is 5.58. The Labute approximate surface area is 103 Å². The molecule has 1 rings (SSSR count). The summed E-state index contributed by atoms with van der Waals surface area (Å²) in [7, 11) is 0. The third kappa shape index (κ3) is 3.24. The van der Waals surface area contributed by atoms with Crippen molar-refractivity contribution in [3.63, 3.8) is 0 Å². The first kappa shape index (κ1) is 14.5. The van der Waals surface area contributed by atoms with Gasteiger partial charge < -0.3 is 5.11 Å². The number of benzene rings is 1. The molecule has 2 nitrogen and oxygen atoms in total. The van der Waals surface area contributed by atoms with E-state index in [4.69, 9.17) is 5.11 Å². The molecule has 5 heteroatoms. The highest BCUT2D eigenvalue weighted by atomic mass is 19.4. The Bertz CT molecular complexity index is 423. The van der Waals surface area contributed by atoms with Crippen LogP contribution in [0.4, 0.5) is 13.2 Å². The van der Waals surface area contributed by atoms with Crippen molar-refractivity contribution in [2.45, 2.75) is 32.9 Å². The average molecular weight is 260 g/mol. The Kier molecular flexibility index (Phi) is 4.04. The van der Waals surface area contributed by atoms with Crippen LogP contribution in [0.1, 0.15) is 31.4 Å². The molecule has 1 aromatic carbocycles. The van der Waals surface area contributed by atoms with Crippen molar-refractivity contribution in [3.05, 3.63) is 35.4 Å². The lowest BCUT2D eigenvalue weighted by Gasteiger charge is -2.23. The van der Waals surface area contributed by atoms with Crippen molar-refractivity contribution >= 4 is 5.97 Å². The molecule has 100 valence electrons. The Morgan fingerprint density at radius 2 is 1.72 bits per heavy atom. The number of carboxylic acids is 1. The molecule has 0 spiro atoms. The highest BCUT2D eigenvalue weighted by Gasteiger charge is 2.32. The van der Waals surface area contributed by atoms with Gasteiger partial charge in [-0.15, -0.1) is 0 Å². The fraction of sp³-hybridized carbons (Fsp3) is 0.462. The third-order valence-electron chi connectivity index (χ3n) is 3.17. The quantitative estimate of drug-likeness (QED) is 0.895. The molecule has 0 aliphatic rings. The predicted molar refractivity (Wildman–Crippen MR) is 61.2 cm³/mol. The number of carbonyl (C=O) groups is 1. The summed E-state index contributed by atoms with van der Waals surface area (Å²) in [6.45, 7) is 3.34. The number of hydrogen-bond acceptors (Lipinski definition) is 1. The van der Waals surface area contributed by atoms with Gasteiger partial charge in [-0.25, -0.2) is 0 Å². The van der Waals surface area contributed by atoms with Crippen molar-refractivity contribution in [2.75, 3.05) is 0 Å². The monoisotopic (exact) mass is 260 g/mol. The Morgan fingerprint density at radius 1 is 1.22 bits per heavy atom. The van der Waals surface area contributed by atoms with Crippen LogP contribution in [0.3, 0.4) is 0 Å². The molecule has 0 bridgehead atoms. The number of rotatable bonds is 4. The van der Waals surface area contributed by atoms with Gasteiger partial charge in [-0.1, -0.05) is 19.1 Å². The molecular weight excluding hydrogens is 245 g/mol. The van der Waals surface area contributed by atoms with E-state index in [1.807, 2.05) is 0 Å². The fourth-order valence-corrected chi connectivity index (χ4v) is 1.61. The van der Waals surface area contributed by atoms with Gasteiger partial charge in [0.25, 0.3) is 0 Å². The van der Waals surface area contributed by atoms with Gasteiger partial charge >= 0.3 is 12.1 Å². The first-order valence-corrected chi connectivity index (χ1v) is 5.58. The highest BCUT2D eigenvalue weighted by molar-refractivity contribution is 5.74. The minimum atomic E-state index is -4.36. The summed E-state index contributed by atoms with van der Waals surface area (Å²) in [5, 5.41) is 9.10. The van der Waals surface area contributed by atoms with Gasteiger partial charge in [-0.3, -0.25) is 4.79 Å². The molecule has 0 aliphatic carbocycles. The average Bonchev–Trinajstić information content (AvgIpc) is 2.28. The summed E-state index contributed by atoms with van der Waals surface area (Å²) in [6.07, 6.45) is -3.72. The fourth-order valence-electron chi connectivity index (χ4n) is 1.61. The SMILES string of the molecule is CCC(C)(Cc1ccc(C(F)(F)F)cc1)C(=O)O. The molecule has 0 saturated heterocycles. The second-order valence-electron chi connectivity index (χ2n) is 4.59. The lowest BCUT2D eigenvalue weighted by molar-refractivity contribution is -0.148. The normalized spacial score (nSPS) is 15.2. The van der Waals surface area contributed by atoms with Crippen LogP contribution in [0.5, 0.6) is 0 Å². The van der Waals surface area contributed by atoms with E-state index in [0.29, 0.717) is 12.0 Å². The highest BCUT2D eigenvalue weighted by Crippen LogP contribution is 2.31. The number of alkyl halides is 3. The maximum absolute atomic E-state index is 12.4. The van der Waals surface area contributed by atoms with Gasteiger partial charge in [0, 0.05) is 0 Å². The smallest absolute Gasteiger partial charge is 0.416 e. The predicted octanol–water partition coefficient (Wildman–Crippen LogP) is 3.75. The minimum Gasteiger partial charge on any atom is -0.481 e. The lowest BCUT2D eigenvalue weighted by atomic mass is 9.81. The largest absolute Gasteiger partial charge is 0.481 e. The second kappa shape index (κ2) is 5.00. The van der Waals surface area contributed by atoms with Crippen LogP contribution >= 0.6 is 0 Å². The molecule has 0 fully saturated rings.